The first-order valence-corrected chi connectivity index (χ1v) is 14.8. The number of thiocarbonyl (C=S) groups is 1. The summed E-state index contributed by atoms with van der Waals surface area (Å²) in [7, 11) is 0. The van der Waals surface area contributed by atoms with E-state index in [1.165, 1.54) is 32.1 Å². The number of thioether (sulfide) groups is 1. The molecule has 0 radical (unpaired) electrons. The first kappa shape index (κ1) is 29.4. The molecule has 6 nitrogen and oxygen atoms in total. The maximum Gasteiger partial charge on any atom is 0.285 e. The van der Waals surface area contributed by atoms with Crippen molar-refractivity contribution in [3.8, 4) is 11.5 Å². The van der Waals surface area contributed by atoms with E-state index >= 15 is 0 Å². The molecule has 1 aliphatic rings. The fraction of sp³-hybridized carbons (Fsp3) is 0.281. The van der Waals surface area contributed by atoms with Gasteiger partial charge in [-0.25, -0.2) is 0 Å². The number of amides is 2. The van der Waals surface area contributed by atoms with Crippen LogP contribution in [0.5, 0.6) is 11.5 Å². The monoisotopic (exact) mass is 574 g/mol. The van der Waals surface area contributed by atoms with Gasteiger partial charge in [0.15, 0.2) is 4.32 Å². The maximum atomic E-state index is 13.0. The zero-order valence-electron chi connectivity index (χ0n) is 22.6. The Labute approximate surface area is 245 Å². The number of hydrogen-bond acceptors (Lipinski definition) is 6. The average Bonchev–Trinajstić information content (AvgIpc) is 3.24. The zero-order chi connectivity index (χ0) is 28.2. The SMILES string of the molecule is CCCCCCCCOc1ccc(C=C2SC(=S)N(NC(=O)c3ccc(OCc4ccccc4)cc3)C2=O)cc1. The number of hydrazine groups is 1. The minimum absolute atomic E-state index is 0.270. The van der Waals surface area contributed by atoms with Crippen LogP contribution in [0.3, 0.4) is 0 Å². The van der Waals surface area contributed by atoms with Crippen molar-refractivity contribution in [2.75, 3.05) is 6.61 Å². The zero-order valence-corrected chi connectivity index (χ0v) is 24.3. The van der Waals surface area contributed by atoms with Crippen molar-refractivity contribution in [3.63, 3.8) is 0 Å². The van der Waals surface area contributed by atoms with E-state index in [9.17, 15) is 9.59 Å². The highest BCUT2D eigenvalue weighted by Crippen LogP contribution is 2.32. The normalized spacial score (nSPS) is 14.0. The Morgan fingerprint density at radius 3 is 2.25 bits per heavy atom. The average molecular weight is 575 g/mol. The van der Waals surface area contributed by atoms with Crippen molar-refractivity contribution in [1.82, 2.24) is 10.4 Å². The molecule has 1 aliphatic heterocycles. The van der Waals surface area contributed by atoms with Gasteiger partial charge in [-0.05, 0) is 72.2 Å². The molecule has 0 atom stereocenters. The van der Waals surface area contributed by atoms with E-state index in [1.807, 2.05) is 54.6 Å². The van der Waals surface area contributed by atoms with Crippen LogP contribution in [0, 0.1) is 0 Å². The van der Waals surface area contributed by atoms with Crippen molar-refractivity contribution in [2.45, 2.75) is 52.1 Å². The second kappa shape index (κ2) is 15.2. The van der Waals surface area contributed by atoms with Gasteiger partial charge in [0, 0.05) is 5.56 Å². The second-order valence-corrected chi connectivity index (χ2v) is 11.1. The smallest absolute Gasteiger partial charge is 0.285 e. The molecule has 0 bridgehead atoms. The molecular formula is C32H34N2O4S2. The summed E-state index contributed by atoms with van der Waals surface area (Å²) >= 11 is 6.52. The van der Waals surface area contributed by atoms with Crippen LogP contribution in [0.25, 0.3) is 6.08 Å². The van der Waals surface area contributed by atoms with Crippen molar-refractivity contribution in [3.05, 3.63) is 100 Å². The number of nitrogens with zero attached hydrogens (tertiary/aromatic N) is 1. The van der Waals surface area contributed by atoms with Crippen molar-refractivity contribution < 1.29 is 19.1 Å². The fourth-order valence-corrected chi connectivity index (χ4v) is 5.24. The number of carbonyl (C=O) groups is 2. The lowest BCUT2D eigenvalue weighted by molar-refractivity contribution is -0.123. The maximum absolute atomic E-state index is 13.0. The number of benzene rings is 3. The lowest BCUT2D eigenvalue weighted by atomic mass is 10.1. The van der Waals surface area contributed by atoms with Crippen LogP contribution in [0.1, 0.15) is 66.9 Å². The standard InChI is InChI=1S/C32H34N2O4S2/c1-2-3-4-5-6-10-21-37-27-17-13-24(14-18-27)22-29-31(36)34(32(39)40-29)33-30(35)26-15-19-28(20-16-26)38-23-25-11-8-7-9-12-25/h7-9,11-20,22H,2-6,10,21,23H2,1H3,(H,33,35). The van der Waals surface area contributed by atoms with Crippen LogP contribution in [0.4, 0.5) is 0 Å². The van der Waals surface area contributed by atoms with E-state index in [-0.39, 0.29) is 10.2 Å². The summed E-state index contributed by atoms with van der Waals surface area (Å²) in [6.07, 6.45) is 9.10. The van der Waals surface area contributed by atoms with E-state index in [2.05, 4.69) is 12.3 Å². The minimum Gasteiger partial charge on any atom is -0.494 e. The van der Waals surface area contributed by atoms with Gasteiger partial charge in [0.25, 0.3) is 11.8 Å². The molecule has 2 amide bonds. The predicted octanol–water partition coefficient (Wildman–Crippen LogP) is 7.55. The third-order valence-electron chi connectivity index (χ3n) is 6.32. The first-order chi connectivity index (χ1) is 19.5. The minimum atomic E-state index is -0.431. The third-order valence-corrected chi connectivity index (χ3v) is 7.62. The van der Waals surface area contributed by atoms with Gasteiger partial charge in [-0.15, -0.1) is 0 Å². The number of carbonyl (C=O) groups excluding carboxylic acids is 2. The summed E-state index contributed by atoms with van der Waals surface area (Å²) in [5.74, 6) is 0.656. The largest absolute Gasteiger partial charge is 0.494 e. The van der Waals surface area contributed by atoms with Gasteiger partial charge < -0.3 is 9.47 Å². The Bertz CT molecular complexity index is 1310. The fourth-order valence-electron chi connectivity index (χ4n) is 4.06. The lowest BCUT2D eigenvalue weighted by Crippen LogP contribution is -2.44. The Kier molecular flexibility index (Phi) is 11.2. The molecular weight excluding hydrogens is 540 g/mol. The van der Waals surface area contributed by atoms with Gasteiger partial charge >= 0.3 is 0 Å². The molecule has 0 unspecified atom stereocenters. The van der Waals surface area contributed by atoms with Gasteiger partial charge in [-0.2, -0.15) is 5.01 Å². The second-order valence-electron chi connectivity index (χ2n) is 9.44. The van der Waals surface area contributed by atoms with Gasteiger partial charge in [0.2, 0.25) is 0 Å². The number of hydrogen-bond donors (Lipinski definition) is 1. The van der Waals surface area contributed by atoms with E-state index in [1.54, 1.807) is 30.3 Å². The topological polar surface area (TPSA) is 67.9 Å². The molecule has 3 aromatic rings. The van der Waals surface area contributed by atoms with Crippen LogP contribution in [0.15, 0.2) is 83.8 Å². The summed E-state index contributed by atoms with van der Waals surface area (Å²) in [6.45, 7) is 3.36. The molecule has 3 aromatic carbocycles. The molecule has 0 spiro atoms. The summed E-state index contributed by atoms with van der Waals surface area (Å²) in [6, 6.07) is 24.2. The van der Waals surface area contributed by atoms with E-state index < -0.39 is 5.91 Å². The van der Waals surface area contributed by atoms with Crippen LogP contribution < -0.4 is 14.9 Å². The summed E-state index contributed by atoms with van der Waals surface area (Å²) in [5.41, 5.74) is 4.92. The molecule has 1 fully saturated rings. The van der Waals surface area contributed by atoms with Crippen molar-refractivity contribution >= 4 is 46.2 Å². The molecule has 208 valence electrons. The highest BCUT2D eigenvalue weighted by molar-refractivity contribution is 8.26. The van der Waals surface area contributed by atoms with Gasteiger partial charge in [0.1, 0.15) is 18.1 Å². The Hall–Kier alpha value is -3.62. The number of nitrogens with one attached hydrogen (secondary N) is 1. The summed E-state index contributed by atoms with van der Waals surface area (Å²) in [4.78, 5) is 26.2. The van der Waals surface area contributed by atoms with Crippen LogP contribution in [-0.2, 0) is 11.4 Å². The first-order valence-electron chi connectivity index (χ1n) is 13.6. The van der Waals surface area contributed by atoms with Gasteiger partial charge in [-0.1, -0.05) is 93.3 Å². The quantitative estimate of drug-likeness (QED) is 0.122. The highest BCUT2D eigenvalue weighted by Gasteiger charge is 2.33. The van der Waals surface area contributed by atoms with E-state index in [0.29, 0.717) is 29.4 Å². The van der Waals surface area contributed by atoms with Gasteiger partial charge in [-0.3, -0.25) is 15.0 Å². The van der Waals surface area contributed by atoms with Crippen molar-refractivity contribution in [1.29, 1.82) is 0 Å². The van der Waals surface area contributed by atoms with Crippen LogP contribution in [-0.4, -0.2) is 27.8 Å². The molecule has 4 rings (SSSR count). The molecule has 1 saturated heterocycles. The molecule has 1 heterocycles. The molecule has 0 saturated carbocycles. The third kappa shape index (κ3) is 8.69. The number of rotatable bonds is 14. The van der Waals surface area contributed by atoms with Crippen LogP contribution in [0.2, 0.25) is 0 Å². The molecule has 1 N–H and O–H groups in total. The number of ether oxygens (including phenoxy) is 2. The molecule has 8 heteroatoms. The Morgan fingerprint density at radius 1 is 0.875 bits per heavy atom. The van der Waals surface area contributed by atoms with Crippen LogP contribution >= 0.6 is 24.0 Å². The highest BCUT2D eigenvalue weighted by atomic mass is 32.2. The summed E-state index contributed by atoms with van der Waals surface area (Å²) in [5, 5.41) is 1.12. The molecule has 40 heavy (non-hydrogen) atoms. The molecule has 0 aromatic heterocycles. The van der Waals surface area contributed by atoms with Gasteiger partial charge in [0.05, 0.1) is 11.5 Å². The Morgan fingerprint density at radius 2 is 1.52 bits per heavy atom. The predicted molar refractivity (Wildman–Crippen MR) is 165 cm³/mol. The van der Waals surface area contributed by atoms with E-state index in [0.717, 1.165) is 40.1 Å². The number of unbranched alkanes of at least 4 members (excludes halogenated alkanes) is 5. The molecule has 0 aliphatic carbocycles. The Balaban J connectivity index is 1.26. The summed E-state index contributed by atoms with van der Waals surface area (Å²) < 4.78 is 11.9. The lowest BCUT2D eigenvalue weighted by Gasteiger charge is -2.15. The van der Waals surface area contributed by atoms with E-state index in [4.69, 9.17) is 21.7 Å². The van der Waals surface area contributed by atoms with Crippen molar-refractivity contribution in [2.24, 2.45) is 0 Å².